The molecule has 0 atom stereocenters. The first-order valence-corrected chi connectivity index (χ1v) is 7.14. The lowest BCUT2D eigenvalue weighted by Gasteiger charge is -1.98. The van der Waals surface area contributed by atoms with Crippen molar-refractivity contribution in [1.82, 2.24) is 20.3 Å². The van der Waals surface area contributed by atoms with E-state index in [1.54, 1.807) is 12.1 Å². The highest BCUT2D eigenvalue weighted by molar-refractivity contribution is 7.98. The summed E-state index contributed by atoms with van der Waals surface area (Å²) >= 11 is 1.40. The molecule has 6 nitrogen and oxygen atoms in total. The largest absolute Gasteiger partial charge is 0.368 e. The summed E-state index contributed by atoms with van der Waals surface area (Å²) < 4.78 is 18.3. The summed E-state index contributed by atoms with van der Waals surface area (Å²) in [5.41, 5.74) is 7.96. The number of aromatic amines is 1. The lowest BCUT2D eigenvalue weighted by atomic mass is 10.1. The van der Waals surface area contributed by atoms with Crippen LogP contribution >= 0.6 is 11.8 Å². The lowest BCUT2D eigenvalue weighted by Crippen LogP contribution is -1.87. The van der Waals surface area contributed by atoms with Gasteiger partial charge in [-0.15, -0.1) is 5.10 Å². The number of halogens is 1. The van der Waals surface area contributed by atoms with Crippen molar-refractivity contribution in [2.24, 2.45) is 0 Å². The molecule has 21 heavy (non-hydrogen) atoms. The van der Waals surface area contributed by atoms with Gasteiger partial charge in [-0.3, -0.25) is 0 Å². The molecule has 1 aromatic carbocycles. The fraction of sp³-hybridized carbons (Fsp3) is 0.154. The smallest absolute Gasteiger partial charge is 0.216 e. The fourth-order valence-corrected chi connectivity index (χ4v) is 2.64. The Balaban J connectivity index is 1.77. The number of nitrogen functional groups attached to an aromatic ring is 1. The van der Waals surface area contributed by atoms with Crippen LogP contribution in [0.1, 0.15) is 11.3 Å². The number of aromatic nitrogens is 4. The van der Waals surface area contributed by atoms with Gasteiger partial charge in [-0.05, 0) is 31.2 Å². The van der Waals surface area contributed by atoms with E-state index in [1.165, 1.54) is 23.9 Å². The molecule has 8 heteroatoms. The zero-order chi connectivity index (χ0) is 14.8. The Hall–Kier alpha value is -2.35. The summed E-state index contributed by atoms with van der Waals surface area (Å²) in [5.74, 6) is 1.20. The van der Waals surface area contributed by atoms with Gasteiger partial charge in [0.15, 0.2) is 5.76 Å². The Kier molecular flexibility index (Phi) is 3.61. The number of hydrogen-bond acceptors (Lipinski definition) is 6. The van der Waals surface area contributed by atoms with Crippen molar-refractivity contribution in [2.45, 2.75) is 17.8 Å². The molecule has 0 unspecified atom stereocenters. The van der Waals surface area contributed by atoms with Crippen molar-refractivity contribution >= 4 is 17.7 Å². The van der Waals surface area contributed by atoms with Gasteiger partial charge in [0, 0.05) is 16.9 Å². The molecule has 0 saturated carbocycles. The van der Waals surface area contributed by atoms with Crippen LogP contribution in [0.3, 0.4) is 0 Å². The molecule has 0 bridgehead atoms. The molecule has 0 fully saturated rings. The third-order valence-electron chi connectivity index (χ3n) is 2.95. The molecule has 0 aliphatic rings. The number of nitrogens with one attached hydrogen (secondary N) is 1. The van der Waals surface area contributed by atoms with Crippen molar-refractivity contribution < 1.29 is 8.91 Å². The van der Waals surface area contributed by atoms with Gasteiger partial charge in [0.2, 0.25) is 11.1 Å². The molecule has 3 N–H and O–H groups in total. The summed E-state index contributed by atoms with van der Waals surface area (Å²) in [6.45, 7) is 1.91. The highest BCUT2D eigenvalue weighted by atomic mass is 32.2. The quantitative estimate of drug-likeness (QED) is 0.720. The number of rotatable bonds is 4. The van der Waals surface area contributed by atoms with E-state index in [1.807, 2.05) is 6.92 Å². The van der Waals surface area contributed by atoms with Gasteiger partial charge in [0.25, 0.3) is 0 Å². The molecule has 2 aromatic heterocycles. The Morgan fingerprint density at radius 3 is 2.76 bits per heavy atom. The first kappa shape index (κ1) is 13.6. The second-order valence-corrected chi connectivity index (χ2v) is 5.32. The van der Waals surface area contributed by atoms with Crippen LogP contribution in [-0.2, 0) is 5.75 Å². The molecule has 2 heterocycles. The van der Waals surface area contributed by atoms with E-state index >= 15 is 0 Å². The predicted octanol–water partition coefficient (Wildman–Crippen LogP) is 2.78. The van der Waals surface area contributed by atoms with Crippen molar-refractivity contribution in [1.29, 1.82) is 0 Å². The van der Waals surface area contributed by atoms with Crippen LogP contribution in [0.5, 0.6) is 0 Å². The van der Waals surface area contributed by atoms with Gasteiger partial charge in [0.05, 0.1) is 5.69 Å². The van der Waals surface area contributed by atoms with Gasteiger partial charge in [0.1, 0.15) is 5.82 Å². The number of nitrogens with zero attached hydrogens (tertiary/aromatic N) is 3. The number of anilines is 1. The highest BCUT2D eigenvalue weighted by Gasteiger charge is 2.15. The zero-order valence-electron chi connectivity index (χ0n) is 11.1. The second-order valence-electron chi connectivity index (χ2n) is 4.38. The number of thioether (sulfide) groups is 1. The Bertz CT molecular complexity index is 752. The third-order valence-corrected chi connectivity index (χ3v) is 3.81. The van der Waals surface area contributed by atoms with Gasteiger partial charge >= 0.3 is 0 Å². The molecule has 3 aromatic rings. The van der Waals surface area contributed by atoms with E-state index in [-0.39, 0.29) is 11.8 Å². The molecule has 0 aliphatic carbocycles. The van der Waals surface area contributed by atoms with Gasteiger partial charge < -0.3 is 10.3 Å². The van der Waals surface area contributed by atoms with Crippen LogP contribution in [0.2, 0.25) is 0 Å². The summed E-state index contributed by atoms with van der Waals surface area (Å²) in [7, 11) is 0. The molecule has 0 radical (unpaired) electrons. The maximum Gasteiger partial charge on any atom is 0.216 e. The molecular formula is C13H12FN5OS. The van der Waals surface area contributed by atoms with Crippen molar-refractivity contribution in [3.8, 4) is 11.3 Å². The zero-order valence-corrected chi connectivity index (χ0v) is 11.9. The van der Waals surface area contributed by atoms with E-state index in [2.05, 4.69) is 20.3 Å². The first-order chi connectivity index (χ1) is 10.1. The van der Waals surface area contributed by atoms with E-state index in [4.69, 9.17) is 10.3 Å². The molecule has 0 spiro atoms. The highest BCUT2D eigenvalue weighted by Crippen LogP contribution is 2.29. The van der Waals surface area contributed by atoms with Crippen LogP contribution in [0, 0.1) is 12.7 Å². The van der Waals surface area contributed by atoms with Crippen LogP contribution < -0.4 is 5.73 Å². The fourth-order valence-electron chi connectivity index (χ4n) is 1.83. The number of nitrogens with two attached hydrogens (primary N) is 1. The van der Waals surface area contributed by atoms with E-state index in [9.17, 15) is 4.39 Å². The minimum Gasteiger partial charge on any atom is -0.368 e. The molecular weight excluding hydrogens is 293 g/mol. The standard InChI is InChI=1S/C13H12FN5OS/c1-7-10(6-21-13-16-12(15)17-18-13)19-20-11(7)8-2-4-9(14)5-3-8/h2-5H,6H2,1H3,(H3,15,16,17,18). The minimum atomic E-state index is -0.283. The summed E-state index contributed by atoms with van der Waals surface area (Å²) in [6, 6.07) is 6.11. The number of H-pyrrole nitrogens is 1. The van der Waals surface area contributed by atoms with E-state index < -0.39 is 0 Å². The van der Waals surface area contributed by atoms with E-state index in [0.717, 1.165) is 16.8 Å². The summed E-state index contributed by atoms with van der Waals surface area (Å²) in [6.07, 6.45) is 0. The minimum absolute atomic E-state index is 0.279. The van der Waals surface area contributed by atoms with E-state index in [0.29, 0.717) is 16.7 Å². The third kappa shape index (κ3) is 2.89. The SMILES string of the molecule is Cc1c(CSc2n[nH]c(N)n2)noc1-c1ccc(F)cc1. The Labute approximate surface area is 123 Å². The lowest BCUT2D eigenvalue weighted by molar-refractivity contribution is 0.426. The normalized spacial score (nSPS) is 11.0. The van der Waals surface area contributed by atoms with Gasteiger partial charge in [-0.1, -0.05) is 16.9 Å². The maximum atomic E-state index is 12.9. The monoisotopic (exact) mass is 305 g/mol. The number of hydrogen-bond donors (Lipinski definition) is 2. The molecule has 108 valence electrons. The average Bonchev–Trinajstić information content (AvgIpc) is 3.04. The average molecular weight is 305 g/mol. The van der Waals surface area contributed by atoms with Crippen molar-refractivity contribution in [2.75, 3.05) is 5.73 Å². The van der Waals surface area contributed by atoms with Crippen molar-refractivity contribution in [3.63, 3.8) is 0 Å². The summed E-state index contributed by atoms with van der Waals surface area (Å²) in [4.78, 5) is 4.00. The molecule has 3 rings (SSSR count). The number of benzene rings is 1. The van der Waals surface area contributed by atoms with Crippen molar-refractivity contribution in [3.05, 3.63) is 41.3 Å². The molecule has 0 aliphatic heterocycles. The first-order valence-electron chi connectivity index (χ1n) is 6.15. The molecule has 0 saturated heterocycles. The van der Waals surface area contributed by atoms with Crippen LogP contribution in [0.15, 0.2) is 33.9 Å². The predicted molar refractivity (Wildman–Crippen MR) is 77.0 cm³/mol. The summed E-state index contributed by atoms with van der Waals surface area (Å²) in [5, 5.41) is 11.1. The van der Waals surface area contributed by atoms with Gasteiger partial charge in [-0.2, -0.15) is 4.98 Å². The van der Waals surface area contributed by atoms with Crippen LogP contribution in [0.25, 0.3) is 11.3 Å². The Morgan fingerprint density at radius 1 is 1.33 bits per heavy atom. The van der Waals surface area contributed by atoms with Crippen LogP contribution in [0.4, 0.5) is 10.3 Å². The van der Waals surface area contributed by atoms with Crippen LogP contribution in [-0.4, -0.2) is 20.3 Å². The second kappa shape index (κ2) is 5.57. The molecule has 0 amide bonds. The topological polar surface area (TPSA) is 93.6 Å². The van der Waals surface area contributed by atoms with Gasteiger partial charge in [-0.25, -0.2) is 9.49 Å². The Morgan fingerprint density at radius 2 is 2.10 bits per heavy atom. The maximum absolute atomic E-state index is 12.9.